The number of carbonyl (C=O) groups is 1. The first-order valence-corrected chi connectivity index (χ1v) is 9.90. The Morgan fingerprint density at radius 3 is 2.69 bits per heavy atom. The molecule has 164 valence electrons. The number of pyridine rings is 1. The quantitative estimate of drug-likeness (QED) is 0.477. The van der Waals surface area contributed by atoms with Gasteiger partial charge in [0.25, 0.3) is 5.56 Å². The van der Waals surface area contributed by atoms with Gasteiger partial charge in [-0.25, -0.2) is 9.97 Å². The number of fused-ring (bicyclic) bond motifs is 2. The van der Waals surface area contributed by atoms with E-state index >= 15 is 0 Å². The Kier molecular flexibility index (Phi) is 5.65. The third-order valence-electron chi connectivity index (χ3n) is 5.07. The molecule has 6 nitrogen and oxygen atoms in total. The number of benzene rings is 2. The van der Waals surface area contributed by atoms with Crippen molar-refractivity contribution >= 4 is 27.8 Å². The second-order valence-corrected chi connectivity index (χ2v) is 7.52. The van der Waals surface area contributed by atoms with Crippen LogP contribution in [-0.4, -0.2) is 20.4 Å². The number of carbonyl (C=O) groups excluding carboxylic acids is 1. The molecule has 1 amide bonds. The minimum absolute atomic E-state index is 0.0289. The highest BCUT2D eigenvalue weighted by atomic mass is 19.4. The molecule has 0 fully saturated rings. The van der Waals surface area contributed by atoms with Crippen LogP contribution < -0.4 is 10.9 Å². The van der Waals surface area contributed by atoms with E-state index in [1.165, 1.54) is 23.0 Å². The van der Waals surface area contributed by atoms with Gasteiger partial charge >= 0.3 is 6.18 Å². The lowest BCUT2D eigenvalue weighted by Crippen LogP contribution is -2.27. The van der Waals surface area contributed by atoms with Gasteiger partial charge in [-0.2, -0.15) is 13.2 Å². The number of aryl methyl sites for hydroxylation is 2. The first-order chi connectivity index (χ1) is 15.2. The van der Waals surface area contributed by atoms with Crippen molar-refractivity contribution in [1.29, 1.82) is 0 Å². The van der Waals surface area contributed by atoms with Crippen LogP contribution in [0.5, 0.6) is 0 Å². The summed E-state index contributed by atoms with van der Waals surface area (Å²) >= 11 is 0. The smallest absolute Gasteiger partial charge is 0.352 e. The maximum atomic E-state index is 12.8. The summed E-state index contributed by atoms with van der Waals surface area (Å²) in [7, 11) is 0. The fraction of sp³-hybridized carbons (Fsp3) is 0.217. The van der Waals surface area contributed by atoms with E-state index in [9.17, 15) is 22.8 Å². The summed E-state index contributed by atoms with van der Waals surface area (Å²) in [6.07, 6.45) is -3.10. The molecule has 0 atom stereocenters. The van der Waals surface area contributed by atoms with Crippen LogP contribution in [0.15, 0.2) is 59.7 Å². The Hall–Kier alpha value is -3.75. The van der Waals surface area contributed by atoms with E-state index in [4.69, 9.17) is 0 Å². The zero-order valence-corrected chi connectivity index (χ0v) is 17.1. The molecule has 0 aliphatic heterocycles. The molecule has 4 rings (SSSR count). The molecule has 32 heavy (non-hydrogen) atoms. The van der Waals surface area contributed by atoms with E-state index in [0.717, 1.165) is 23.1 Å². The van der Waals surface area contributed by atoms with Gasteiger partial charge in [-0.3, -0.25) is 14.2 Å². The van der Waals surface area contributed by atoms with E-state index in [-0.39, 0.29) is 30.6 Å². The van der Waals surface area contributed by atoms with Crippen LogP contribution in [0.4, 0.5) is 13.2 Å². The van der Waals surface area contributed by atoms with Crippen molar-refractivity contribution in [3.05, 3.63) is 81.9 Å². The standard InChI is InChI=1S/C23H19F3N4O2/c1-14-5-6-18-16(9-14)11-19-21(29-18)22(32)30(13-28-19)8-7-20(31)27-12-15-3-2-4-17(10-15)23(24,25)26/h2-6,9-11,13H,7-8,12H2,1H3,(H,27,31). The van der Waals surface area contributed by atoms with Gasteiger partial charge in [0.1, 0.15) is 0 Å². The number of nitrogens with zero attached hydrogens (tertiary/aromatic N) is 3. The molecule has 0 saturated heterocycles. The van der Waals surface area contributed by atoms with Crippen molar-refractivity contribution in [3.8, 4) is 0 Å². The number of hydrogen-bond acceptors (Lipinski definition) is 4. The average molecular weight is 440 g/mol. The Balaban J connectivity index is 1.44. The number of aromatic nitrogens is 3. The van der Waals surface area contributed by atoms with Crippen molar-refractivity contribution in [1.82, 2.24) is 19.9 Å². The summed E-state index contributed by atoms with van der Waals surface area (Å²) in [6, 6.07) is 12.3. The number of rotatable bonds is 5. The maximum Gasteiger partial charge on any atom is 0.416 e. The Labute approximate surface area is 180 Å². The first kappa shape index (κ1) is 21.5. The number of halogens is 3. The minimum atomic E-state index is -4.44. The third-order valence-corrected chi connectivity index (χ3v) is 5.07. The van der Waals surface area contributed by atoms with Gasteiger partial charge < -0.3 is 5.32 Å². The van der Waals surface area contributed by atoms with E-state index in [1.54, 1.807) is 6.07 Å². The third kappa shape index (κ3) is 4.61. The van der Waals surface area contributed by atoms with Crippen LogP contribution >= 0.6 is 0 Å². The second kappa shape index (κ2) is 8.41. The number of nitrogens with one attached hydrogen (secondary N) is 1. The number of alkyl halides is 3. The highest BCUT2D eigenvalue weighted by Crippen LogP contribution is 2.29. The molecule has 0 aliphatic rings. The number of amides is 1. The maximum absolute atomic E-state index is 12.8. The SMILES string of the molecule is Cc1ccc2nc3c(=O)n(CCC(=O)NCc4cccc(C(F)(F)F)c4)cnc3cc2c1. The van der Waals surface area contributed by atoms with Crippen LogP contribution in [0, 0.1) is 6.92 Å². The van der Waals surface area contributed by atoms with Crippen LogP contribution in [0.2, 0.25) is 0 Å². The summed E-state index contributed by atoms with van der Waals surface area (Å²) in [5, 5.41) is 3.46. The van der Waals surface area contributed by atoms with E-state index in [0.29, 0.717) is 16.6 Å². The summed E-state index contributed by atoms with van der Waals surface area (Å²) in [6.45, 7) is 2.00. The number of hydrogen-bond donors (Lipinski definition) is 1. The van der Waals surface area contributed by atoms with Gasteiger partial charge in [-0.1, -0.05) is 23.8 Å². The molecule has 0 radical (unpaired) electrons. The monoisotopic (exact) mass is 440 g/mol. The molecule has 2 aromatic carbocycles. The summed E-state index contributed by atoms with van der Waals surface area (Å²) in [5.74, 6) is -0.392. The zero-order chi connectivity index (χ0) is 22.9. The van der Waals surface area contributed by atoms with E-state index < -0.39 is 17.6 Å². The fourth-order valence-electron chi connectivity index (χ4n) is 3.39. The predicted octanol–water partition coefficient (Wildman–Crippen LogP) is 3.98. The van der Waals surface area contributed by atoms with Crippen molar-refractivity contribution in [2.24, 2.45) is 0 Å². The molecule has 0 unspecified atom stereocenters. The van der Waals surface area contributed by atoms with Crippen molar-refractivity contribution in [2.45, 2.75) is 32.6 Å². The topological polar surface area (TPSA) is 76.9 Å². The summed E-state index contributed by atoms with van der Waals surface area (Å²) < 4.78 is 39.7. The lowest BCUT2D eigenvalue weighted by atomic mass is 10.1. The van der Waals surface area contributed by atoms with Crippen LogP contribution in [-0.2, 0) is 24.1 Å². The fourth-order valence-corrected chi connectivity index (χ4v) is 3.39. The van der Waals surface area contributed by atoms with Gasteiger partial charge in [0.05, 0.1) is 22.9 Å². The van der Waals surface area contributed by atoms with E-state index in [2.05, 4.69) is 15.3 Å². The normalized spacial score (nSPS) is 11.8. The van der Waals surface area contributed by atoms with Gasteiger partial charge in [0.15, 0.2) is 5.52 Å². The largest absolute Gasteiger partial charge is 0.416 e. The van der Waals surface area contributed by atoms with Crippen LogP contribution in [0.25, 0.3) is 21.9 Å². The summed E-state index contributed by atoms with van der Waals surface area (Å²) in [4.78, 5) is 33.7. The van der Waals surface area contributed by atoms with Gasteiger partial charge in [0, 0.05) is 24.9 Å². The minimum Gasteiger partial charge on any atom is -0.352 e. The highest BCUT2D eigenvalue weighted by Gasteiger charge is 2.30. The molecular formula is C23H19F3N4O2. The van der Waals surface area contributed by atoms with Crippen molar-refractivity contribution in [3.63, 3.8) is 0 Å². The molecule has 2 aromatic heterocycles. The van der Waals surface area contributed by atoms with Crippen molar-refractivity contribution in [2.75, 3.05) is 0 Å². The van der Waals surface area contributed by atoms with Crippen LogP contribution in [0.3, 0.4) is 0 Å². The Bertz CT molecular complexity index is 1380. The lowest BCUT2D eigenvalue weighted by Gasteiger charge is -2.10. The molecular weight excluding hydrogens is 421 g/mol. The van der Waals surface area contributed by atoms with Gasteiger partial charge in [0.2, 0.25) is 5.91 Å². The highest BCUT2D eigenvalue weighted by molar-refractivity contribution is 5.90. The van der Waals surface area contributed by atoms with Gasteiger partial charge in [-0.15, -0.1) is 0 Å². The van der Waals surface area contributed by atoms with Crippen LogP contribution in [0.1, 0.15) is 23.1 Å². The molecule has 0 spiro atoms. The van der Waals surface area contributed by atoms with Crippen molar-refractivity contribution < 1.29 is 18.0 Å². The lowest BCUT2D eigenvalue weighted by molar-refractivity contribution is -0.137. The molecule has 0 aliphatic carbocycles. The molecule has 0 bridgehead atoms. The first-order valence-electron chi connectivity index (χ1n) is 9.90. The van der Waals surface area contributed by atoms with E-state index in [1.807, 2.05) is 25.1 Å². The Morgan fingerprint density at radius 2 is 1.91 bits per heavy atom. The van der Waals surface area contributed by atoms with Gasteiger partial charge in [-0.05, 0) is 42.8 Å². The average Bonchev–Trinajstić information content (AvgIpc) is 2.76. The molecule has 4 aromatic rings. The summed E-state index contributed by atoms with van der Waals surface area (Å²) in [5.41, 5.74) is 1.65. The predicted molar refractivity (Wildman–Crippen MR) is 114 cm³/mol. The molecule has 9 heteroatoms. The molecule has 0 saturated carbocycles. The molecule has 1 N–H and O–H groups in total. The molecule has 2 heterocycles. The zero-order valence-electron chi connectivity index (χ0n) is 17.1. The Morgan fingerprint density at radius 1 is 1.09 bits per heavy atom. The second-order valence-electron chi connectivity index (χ2n) is 7.52.